The van der Waals surface area contributed by atoms with Crippen LogP contribution >= 0.6 is 11.3 Å². The van der Waals surface area contributed by atoms with Gasteiger partial charge in [-0.1, -0.05) is 178 Å². The van der Waals surface area contributed by atoms with Crippen LogP contribution in [0, 0.1) is 0 Å². The van der Waals surface area contributed by atoms with E-state index in [9.17, 15) is 0 Å². The first-order chi connectivity index (χ1) is 25.1. The maximum absolute atomic E-state index is 2.52. The van der Waals surface area contributed by atoms with E-state index in [1.807, 2.05) is 11.3 Å². The van der Waals surface area contributed by atoms with E-state index in [1.165, 1.54) is 92.1 Å². The van der Waals surface area contributed by atoms with Crippen LogP contribution in [0.1, 0.15) is 47.6 Å². The first kappa shape index (κ1) is 30.1. The molecule has 1 heteroatoms. The van der Waals surface area contributed by atoms with Crippen LogP contribution in [-0.4, -0.2) is 0 Å². The van der Waals surface area contributed by atoms with Crippen LogP contribution < -0.4 is 0 Å². The number of rotatable bonds is 5. The summed E-state index contributed by atoms with van der Waals surface area (Å²) in [5.41, 5.74) is 14.4. The average molecular weight is 669 g/mol. The number of hydrogen-bond donors (Lipinski definition) is 0. The fraction of sp³-hybridized carbons (Fsp3) is 0.0800. The lowest BCUT2D eigenvalue weighted by Crippen LogP contribution is -2.16. The van der Waals surface area contributed by atoms with Gasteiger partial charge in [0.25, 0.3) is 0 Å². The Morgan fingerprint density at radius 1 is 0.431 bits per heavy atom. The highest BCUT2D eigenvalue weighted by Crippen LogP contribution is 2.51. The molecule has 0 spiro atoms. The predicted octanol–water partition coefficient (Wildman–Crippen LogP) is 14.0. The van der Waals surface area contributed by atoms with Gasteiger partial charge in [0.2, 0.25) is 0 Å². The zero-order valence-electron chi connectivity index (χ0n) is 28.7. The first-order valence-corrected chi connectivity index (χ1v) is 18.7. The molecular weight excluding hydrogens is 633 g/mol. The molecule has 0 N–H and O–H groups in total. The van der Waals surface area contributed by atoms with Crippen LogP contribution in [0.15, 0.2) is 176 Å². The fourth-order valence-electron chi connectivity index (χ4n) is 8.72. The van der Waals surface area contributed by atoms with Crippen molar-refractivity contribution >= 4 is 42.3 Å². The molecule has 0 fully saturated rings. The summed E-state index contributed by atoms with van der Waals surface area (Å²) >= 11 is 1.92. The highest BCUT2D eigenvalue weighted by atomic mass is 32.1. The number of benzene rings is 8. The van der Waals surface area contributed by atoms with Crippen LogP contribution in [0.4, 0.5) is 0 Å². The van der Waals surface area contributed by atoms with Crippen molar-refractivity contribution < 1.29 is 0 Å². The van der Waals surface area contributed by atoms with Gasteiger partial charge in [-0.3, -0.25) is 0 Å². The molecule has 9 aromatic rings. The zero-order valence-corrected chi connectivity index (χ0v) is 29.5. The van der Waals surface area contributed by atoms with Gasteiger partial charge in [0, 0.05) is 36.9 Å². The highest BCUT2D eigenvalue weighted by molar-refractivity contribution is 7.26. The van der Waals surface area contributed by atoms with Crippen LogP contribution in [0.5, 0.6) is 0 Å². The van der Waals surface area contributed by atoms with Crippen molar-refractivity contribution in [2.75, 3.05) is 0 Å². The predicted molar refractivity (Wildman–Crippen MR) is 219 cm³/mol. The van der Waals surface area contributed by atoms with E-state index in [0.717, 1.165) is 0 Å². The van der Waals surface area contributed by atoms with Crippen LogP contribution in [-0.2, 0) is 5.41 Å². The third kappa shape index (κ3) is 4.73. The maximum atomic E-state index is 2.52. The van der Waals surface area contributed by atoms with E-state index in [0.29, 0.717) is 0 Å². The summed E-state index contributed by atoms with van der Waals surface area (Å²) in [6.07, 6.45) is 0. The standard InChI is InChI=1S/C50H36S/c1-50(2)44-22-11-9-18-37(44)38-29-28-36(30-45(38)50)47(35-26-24-33(25-27-35)32-14-5-3-6-15-32)40-20-13-21-41-48(40)42(34-16-7-4-8-17-34)31-43-39-19-10-12-23-46(39)51-49(41)43/h3-31,47H,1-2H3. The van der Waals surface area contributed by atoms with Crippen molar-refractivity contribution in [1.29, 1.82) is 0 Å². The number of hydrogen-bond acceptors (Lipinski definition) is 1. The van der Waals surface area contributed by atoms with E-state index in [2.05, 4.69) is 190 Å². The highest BCUT2D eigenvalue weighted by Gasteiger charge is 2.36. The second-order valence-corrected chi connectivity index (χ2v) is 15.5. The molecule has 51 heavy (non-hydrogen) atoms. The first-order valence-electron chi connectivity index (χ1n) is 17.9. The Morgan fingerprint density at radius 2 is 1.06 bits per heavy atom. The Hall–Kier alpha value is -5.76. The summed E-state index contributed by atoms with van der Waals surface area (Å²) < 4.78 is 2.69. The van der Waals surface area contributed by atoms with Crippen LogP contribution in [0.25, 0.3) is 64.3 Å². The molecular formula is C50H36S. The molecule has 10 rings (SSSR count). The van der Waals surface area contributed by atoms with E-state index < -0.39 is 0 Å². The van der Waals surface area contributed by atoms with Crippen molar-refractivity contribution in [2.45, 2.75) is 25.2 Å². The zero-order chi connectivity index (χ0) is 34.1. The Morgan fingerprint density at radius 3 is 1.86 bits per heavy atom. The minimum atomic E-state index is -0.0825. The molecule has 1 unspecified atom stereocenters. The Kier molecular flexibility index (Phi) is 6.88. The molecule has 1 atom stereocenters. The third-order valence-corrected chi connectivity index (χ3v) is 12.4. The number of thiophene rings is 1. The van der Waals surface area contributed by atoms with Gasteiger partial charge < -0.3 is 0 Å². The summed E-state index contributed by atoms with van der Waals surface area (Å²) in [6.45, 7) is 4.77. The molecule has 1 heterocycles. The van der Waals surface area contributed by atoms with E-state index in [-0.39, 0.29) is 11.3 Å². The third-order valence-electron chi connectivity index (χ3n) is 11.2. The molecule has 242 valence electrons. The fourth-order valence-corrected chi connectivity index (χ4v) is 9.94. The Bertz CT molecular complexity index is 2750. The minimum absolute atomic E-state index is 0.0256. The van der Waals surface area contributed by atoms with Gasteiger partial charge in [0.05, 0.1) is 0 Å². The second kappa shape index (κ2) is 11.7. The lowest BCUT2D eigenvalue weighted by atomic mass is 9.77. The van der Waals surface area contributed by atoms with Gasteiger partial charge >= 0.3 is 0 Å². The van der Waals surface area contributed by atoms with Gasteiger partial charge in [-0.2, -0.15) is 0 Å². The summed E-state index contributed by atoms with van der Waals surface area (Å²) in [6, 6.07) is 65.6. The quantitative estimate of drug-likeness (QED) is 0.160. The van der Waals surface area contributed by atoms with Crippen molar-refractivity contribution in [1.82, 2.24) is 0 Å². The maximum Gasteiger partial charge on any atom is 0.0434 e. The van der Waals surface area contributed by atoms with Crippen molar-refractivity contribution in [3.63, 3.8) is 0 Å². The largest absolute Gasteiger partial charge is 0.135 e. The molecule has 1 aliphatic rings. The summed E-state index contributed by atoms with van der Waals surface area (Å²) in [7, 11) is 0. The summed E-state index contributed by atoms with van der Waals surface area (Å²) in [4.78, 5) is 0. The molecule has 0 bridgehead atoms. The SMILES string of the molecule is CC1(C)c2ccccc2-c2ccc(C(c3ccc(-c4ccccc4)cc3)c3cccc4c3c(-c3ccccc3)cc3c5ccccc5sc43)cc21. The lowest BCUT2D eigenvalue weighted by molar-refractivity contribution is 0.659. The average Bonchev–Trinajstić information content (AvgIpc) is 3.68. The van der Waals surface area contributed by atoms with Gasteiger partial charge in [0.15, 0.2) is 0 Å². The summed E-state index contributed by atoms with van der Waals surface area (Å²) in [5, 5.41) is 5.32. The minimum Gasteiger partial charge on any atom is -0.135 e. The van der Waals surface area contributed by atoms with E-state index >= 15 is 0 Å². The molecule has 0 amide bonds. The monoisotopic (exact) mass is 668 g/mol. The molecule has 0 aliphatic heterocycles. The topological polar surface area (TPSA) is 0 Å². The molecule has 0 saturated heterocycles. The van der Waals surface area contributed by atoms with Gasteiger partial charge in [0.1, 0.15) is 0 Å². The molecule has 1 aliphatic carbocycles. The smallest absolute Gasteiger partial charge is 0.0434 e. The summed E-state index contributed by atoms with van der Waals surface area (Å²) in [5.74, 6) is 0.0256. The van der Waals surface area contributed by atoms with Gasteiger partial charge in [-0.15, -0.1) is 11.3 Å². The van der Waals surface area contributed by atoms with Crippen LogP contribution in [0.3, 0.4) is 0 Å². The second-order valence-electron chi connectivity index (χ2n) is 14.4. The number of fused-ring (bicyclic) bond motifs is 8. The van der Waals surface area contributed by atoms with Crippen molar-refractivity contribution in [3.05, 3.63) is 204 Å². The Balaban J connectivity index is 1.27. The molecule has 0 saturated carbocycles. The molecule has 1 aromatic heterocycles. The van der Waals surface area contributed by atoms with E-state index in [1.54, 1.807) is 0 Å². The van der Waals surface area contributed by atoms with E-state index in [4.69, 9.17) is 0 Å². The van der Waals surface area contributed by atoms with Gasteiger partial charge in [-0.25, -0.2) is 0 Å². The molecule has 8 aromatic carbocycles. The van der Waals surface area contributed by atoms with Crippen molar-refractivity contribution in [2.24, 2.45) is 0 Å². The lowest BCUT2D eigenvalue weighted by Gasteiger charge is -2.26. The molecule has 0 nitrogen and oxygen atoms in total. The van der Waals surface area contributed by atoms with Crippen molar-refractivity contribution in [3.8, 4) is 33.4 Å². The normalized spacial score (nSPS) is 13.8. The Labute approximate surface area is 303 Å². The van der Waals surface area contributed by atoms with Gasteiger partial charge in [-0.05, 0) is 78.7 Å². The van der Waals surface area contributed by atoms with Crippen LogP contribution in [0.2, 0.25) is 0 Å². The molecule has 0 radical (unpaired) electrons.